The van der Waals surface area contributed by atoms with E-state index in [0.29, 0.717) is 41.3 Å². The molecule has 38 heavy (non-hydrogen) atoms. The number of aromatic nitrogens is 3. The molecular formula is C28H30N4O6. The monoisotopic (exact) mass is 518 g/mol. The quantitative estimate of drug-likeness (QED) is 0.247. The molecule has 1 aromatic carbocycles. The van der Waals surface area contributed by atoms with Crippen LogP contribution in [0.5, 0.6) is 11.5 Å². The van der Waals surface area contributed by atoms with Gasteiger partial charge in [-0.15, -0.1) is 0 Å². The number of hydrogen-bond acceptors (Lipinski definition) is 7. The Kier molecular flexibility index (Phi) is 8.20. The van der Waals surface area contributed by atoms with Crippen molar-refractivity contribution in [3.63, 3.8) is 0 Å². The summed E-state index contributed by atoms with van der Waals surface area (Å²) in [5, 5.41) is 0.235. The number of hydrogen-bond donors (Lipinski definition) is 0. The molecular weight excluding hydrogens is 488 g/mol. The minimum absolute atomic E-state index is 0.0332. The van der Waals surface area contributed by atoms with Crippen LogP contribution in [0.15, 0.2) is 58.4 Å². The number of unbranched alkanes of at least 4 members (excludes halogenated alkanes) is 1. The van der Waals surface area contributed by atoms with Crippen molar-refractivity contribution in [1.82, 2.24) is 14.0 Å². The molecule has 4 rings (SSSR count). The van der Waals surface area contributed by atoms with Gasteiger partial charge < -0.3 is 18.8 Å². The van der Waals surface area contributed by atoms with Crippen molar-refractivity contribution < 1.29 is 23.8 Å². The predicted molar refractivity (Wildman–Crippen MR) is 142 cm³/mol. The maximum absolute atomic E-state index is 13.4. The summed E-state index contributed by atoms with van der Waals surface area (Å²) >= 11 is 0. The third-order valence-electron chi connectivity index (χ3n) is 6.05. The Labute approximate surface area is 219 Å². The minimum Gasteiger partial charge on any atom is -0.493 e. The second-order valence-electron chi connectivity index (χ2n) is 8.56. The van der Waals surface area contributed by atoms with E-state index in [1.807, 2.05) is 6.92 Å². The molecule has 0 radical (unpaired) electrons. The van der Waals surface area contributed by atoms with Crippen LogP contribution >= 0.6 is 0 Å². The molecule has 0 N–H and O–H groups in total. The number of esters is 1. The summed E-state index contributed by atoms with van der Waals surface area (Å²) in [4.78, 5) is 48.7. The number of nitrogens with zero attached hydrogens (tertiary/aromatic N) is 4. The van der Waals surface area contributed by atoms with Crippen molar-refractivity contribution in [2.24, 2.45) is 4.99 Å². The Morgan fingerprint density at radius 1 is 1.03 bits per heavy atom. The van der Waals surface area contributed by atoms with Crippen LogP contribution < -0.4 is 20.5 Å². The molecule has 0 saturated carbocycles. The number of aryl methyl sites for hydroxylation is 1. The van der Waals surface area contributed by atoms with Crippen molar-refractivity contribution in [2.75, 3.05) is 20.8 Å². The summed E-state index contributed by atoms with van der Waals surface area (Å²) in [5.74, 6) is -0.119. The molecule has 0 aliphatic carbocycles. The summed E-state index contributed by atoms with van der Waals surface area (Å²) in [7, 11) is 3.05. The summed E-state index contributed by atoms with van der Waals surface area (Å²) in [6.07, 6.45) is 3.13. The lowest BCUT2D eigenvalue weighted by atomic mass is 10.1. The molecule has 0 fully saturated rings. The maximum Gasteiger partial charge on any atom is 0.341 e. The van der Waals surface area contributed by atoms with Crippen molar-refractivity contribution in [3.05, 3.63) is 75.6 Å². The number of ether oxygens (including phenoxy) is 3. The van der Waals surface area contributed by atoms with E-state index in [0.717, 1.165) is 6.42 Å². The number of carbonyl (C=O) groups excluding carboxylic acids is 2. The number of rotatable bonds is 9. The lowest BCUT2D eigenvalue weighted by molar-refractivity contribution is -0.117. The largest absolute Gasteiger partial charge is 0.493 e. The van der Waals surface area contributed by atoms with Gasteiger partial charge in [0.25, 0.3) is 11.5 Å². The van der Waals surface area contributed by atoms with E-state index in [1.165, 1.54) is 24.7 Å². The van der Waals surface area contributed by atoms with E-state index in [2.05, 4.69) is 4.99 Å². The molecule has 0 saturated heterocycles. The molecule has 10 heteroatoms. The van der Waals surface area contributed by atoms with Crippen LogP contribution in [0, 0.1) is 0 Å². The highest BCUT2D eigenvalue weighted by Crippen LogP contribution is 2.27. The highest BCUT2D eigenvalue weighted by Gasteiger charge is 2.20. The van der Waals surface area contributed by atoms with Crippen molar-refractivity contribution in [2.45, 2.75) is 39.7 Å². The average molecular weight is 519 g/mol. The van der Waals surface area contributed by atoms with Gasteiger partial charge in [0.05, 0.1) is 32.6 Å². The molecule has 3 heterocycles. The van der Waals surface area contributed by atoms with Crippen LogP contribution in [0.25, 0.3) is 16.7 Å². The molecule has 198 valence electrons. The van der Waals surface area contributed by atoms with Crippen LogP contribution in [-0.4, -0.2) is 46.7 Å². The van der Waals surface area contributed by atoms with Gasteiger partial charge >= 0.3 is 5.97 Å². The smallest absolute Gasteiger partial charge is 0.341 e. The van der Waals surface area contributed by atoms with E-state index in [4.69, 9.17) is 19.2 Å². The van der Waals surface area contributed by atoms with Gasteiger partial charge in [0.1, 0.15) is 16.9 Å². The van der Waals surface area contributed by atoms with Gasteiger partial charge in [-0.2, -0.15) is 4.99 Å². The summed E-state index contributed by atoms with van der Waals surface area (Å²) < 4.78 is 19.0. The van der Waals surface area contributed by atoms with E-state index in [-0.39, 0.29) is 35.0 Å². The van der Waals surface area contributed by atoms with Crippen molar-refractivity contribution in [1.29, 1.82) is 0 Å². The third kappa shape index (κ3) is 5.29. The molecule has 0 spiro atoms. The van der Waals surface area contributed by atoms with Crippen LogP contribution in [0.4, 0.5) is 0 Å². The zero-order chi connectivity index (χ0) is 27.2. The first kappa shape index (κ1) is 26.6. The number of carbonyl (C=O) groups is 2. The van der Waals surface area contributed by atoms with Crippen LogP contribution in [0.3, 0.4) is 0 Å². The first-order chi connectivity index (χ1) is 18.4. The molecule has 3 aromatic heterocycles. The Hall–Kier alpha value is -4.47. The maximum atomic E-state index is 13.4. The van der Waals surface area contributed by atoms with Crippen molar-refractivity contribution in [3.8, 4) is 11.5 Å². The standard InChI is InChI=1S/C28H30N4O6/c1-5-7-13-32-25-19(27(34)31-14-9-8-10-23(31)29-25)17-20(28(35)38-6-2)26(32)30-24(33)16-18-11-12-21(36-3)22(15-18)37-4/h8-12,14-15,17H,5-7,13,16H2,1-4H3. The van der Waals surface area contributed by atoms with Gasteiger partial charge in [-0.1, -0.05) is 25.5 Å². The fourth-order valence-electron chi connectivity index (χ4n) is 4.21. The topological polar surface area (TPSA) is 113 Å². The second-order valence-corrected chi connectivity index (χ2v) is 8.56. The highest BCUT2D eigenvalue weighted by atomic mass is 16.5. The van der Waals surface area contributed by atoms with E-state index < -0.39 is 11.9 Å². The van der Waals surface area contributed by atoms with Gasteiger partial charge in [0.2, 0.25) is 0 Å². The van der Waals surface area contributed by atoms with Gasteiger partial charge in [0, 0.05) is 12.7 Å². The Morgan fingerprint density at radius 2 is 1.82 bits per heavy atom. The molecule has 10 nitrogen and oxygen atoms in total. The minimum atomic E-state index is -0.671. The average Bonchev–Trinajstić information content (AvgIpc) is 2.92. The molecule has 0 bridgehead atoms. The van der Waals surface area contributed by atoms with Gasteiger partial charge in [-0.25, -0.2) is 9.78 Å². The van der Waals surface area contributed by atoms with Crippen LogP contribution in [0.2, 0.25) is 0 Å². The van der Waals surface area contributed by atoms with Gasteiger partial charge in [0.15, 0.2) is 17.0 Å². The van der Waals surface area contributed by atoms with E-state index >= 15 is 0 Å². The molecule has 0 atom stereocenters. The van der Waals surface area contributed by atoms with Crippen LogP contribution in [-0.2, 0) is 22.5 Å². The first-order valence-corrected chi connectivity index (χ1v) is 12.4. The summed E-state index contributed by atoms with van der Waals surface area (Å²) in [6, 6.07) is 11.8. The third-order valence-corrected chi connectivity index (χ3v) is 6.05. The molecule has 4 aromatic rings. The Morgan fingerprint density at radius 3 is 2.53 bits per heavy atom. The number of fused-ring (bicyclic) bond motifs is 2. The van der Waals surface area contributed by atoms with E-state index in [1.54, 1.807) is 54.1 Å². The highest BCUT2D eigenvalue weighted by molar-refractivity contribution is 5.93. The Balaban J connectivity index is 1.95. The molecule has 0 aliphatic heterocycles. The van der Waals surface area contributed by atoms with Gasteiger partial charge in [-0.3, -0.25) is 14.0 Å². The predicted octanol–water partition coefficient (Wildman–Crippen LogP) is 3.31. The SMILES string of the molecule is CCCCn1c(=NC(=O)Cc2ccc(OC)c(OC)c2)c(C(=O)OCC)cc2c(=O)n3ccccc3nc21. The fraction of sp³-hybridized carbons (Fsp3) is 0.321. The Bertz CT molecular complexity index is 1640. The lowest BCUT2D eigenvalue weighted by Gasteiger charge is -2.15. The van der Waals surface area contributed by atoms with Crippen molar-refractivity contribution >= 4 is 28.6 Å². The molecule has 1 amide bonds. The number of benzene rings is 1. The lowest BCUT2D eigenvalue weighted by Crippen LogP contribution is -2.33. The second kappa shape index (κ2) is 11.7. The number of amides is 1. The number of pyridine rings is 2. The van der Waals surface area contributed by atoms with Crippen LogP contribution in [0.1, 0.15) is 42.6 Å². The molecule has 0 unspecified atom stereocenters. The summed E-state index contributed by atoms with van der Waals surface area (Å²) in [5.41, 5.74) is 1.28. The van der Waals surface area contributed by atoms with Gasteiger partial charge in [-0.05, 0) is 49.2 Å². The zero-order valence-electron chi connectivity index (χ0n) is 21.9. The fourth-order valence-corrected chi connectivity index (χ4v) is 4.21. The summed E-state index contributed by atoms with van der Waals surface area (Å²) in [6.45, 7) is 4.24. The normalized spacial score (nSPS) is 11.6. The van der Waals surface area contributed by atoms with E-state index in [9.17, 15) is 14.4 Å². The first-order valence-electron chi connectivity index (χ1n) is 12.4. The number of methoxy groups -OCH3 is 2. The zero-order valence-corrected chi connectivity index (χ0v) is 21.9. The molecule has 0 aliphatic rings.